The van der Waals surface area contributed by atoms with Gasteiger partial charge in [0.05, 0.1) is 11.1 Å². The molecule has 0 aromatic heterocycles. The highest BCUT2D eigenvalue weighted by Crippen LogP contribution is 2.75. The fourth-order valence-corrected chi connectivity index (χ4v) is 3.33. The van der Waals surface area contributed by atoms with Gasteiger partial charge in [-0.05, 0) is 0 Å². The van der Waals surface area contributed by atoms with Gasteiger partial charge in [-0.1, -0.05) is 0 Å². The van der Waals surface area contributed by atoms with Crippen molar-refractivity contribution in [2.45, 2.75) is 47.9 Å². The second-order valence-corrected chi connectivity index (χ2v) is 6.59. The van der Waals surface area contributed by atoms with Crippen molar-refractivity contribution in [1.82, 2.24) is 0 Å². The van der Waals surface area contributed by atoms with Crippen molar-refractivity contribution < 1.29 is 87.8 Å². The van der Waals surface area contributed by atoms with E-state index in [0.29, 0.717) is 0 Å². The van der Waals surface area contributed by atoms with E-state index in [0.717, 1.165) is 0 Å². The van der Waals surface area contributed by atoms with Crippen LogP contribution in [0.2, 0.25) is 0 Å². The van der Waals surface area contributed by atoms with E-state index in [4.69, 9.17) is 0 Å². The van der Waals surface area contributed by atoms with Crippen LogP contribution in [0.1, 0.15) is 22.3 Å². The summed E-state index contributed by atoms with van der Waals surface area (Å²) in [5, 5.41) is 0. The summed E-state index contributed by atoms with van der Waals surface area (Å²) in [5.41, 5.74) is -24.7. The Morgan fingerprint density at radius 1 is 0.441 bits per heavy atom. The molecule has 2 rings (SSSR count). The van der Waals surface area contributed by atoms with Crippen LogP contribution in [0.15, 0.2) is 0 Å². The molecule has 0 fully saturated rings. The summed E-state index contributed by atoms with van der Waals surface area (Å²) in [6.07, 6.45) is -30.4. The molecule has 20 heteroatoms. The van der Waals surface area contributed by atoms with Gasteiger partial charge in [0, 0.05) is 11.1 Å². The van der Waals surface area contributed by atoms with Crippen molar-refractivity contribution in [3.63, 3.8) is 0 Å². The summed E-state index contributed by atoms with van der Waals surface area (Å²) in [6.45, 7) is 0. The third kappa shape index (κ3) is 3.00. The fraction of sp³-hybridized carbons (Fsp3) is 0.571. The predicted octanol–water partition coefficient (Wildman–Crippen LogP) is 7.74. The molecule has 34 heavy (non-hydrogen) atoms. The van der Waals surface area contributed by atoms with Gasteiger partial charge in [0.25, 0.3) is 5.41 Å². The van der Waals surface area contributed by atoms with Gasteiger partial charge in [0.2, 0.25) is 0 Å². The number of rotatable bonds is 2. The summed E-state index contributed by atoms with van der Waals surface area (Å²) in [6, 6.07) is 0. The van der Waals surface area contributed by atoms with E-state index < -0.39 is 81.8 Å². The first-order chi connectivity index (χ1) is 14.6. The monoisotopic (exact) mass is 548 g/mol. The van der Waals surface area contributed by atoms with Gasteiger partial charge >= 0.3 is 42.5 Å². The Bertz CT molecular complexity index is 983. The minimum atomic E-state index is -7.77. The summed E-state index contributed by atoms with van der Waals surface area (Å²) in [5.74, 6) is -30.7. The average Bonchev–Trinajstić information content (AvgIpc) is 2.52. The van der Waals surface area contributed by atoms with E-state index in [-0.39, 0.29) is 0 Å². The molecule has 0 unspecified atom stereocenters. The summed E-state index contributed by atoms with van der Waals surface area (Å²) >= 11 is 0. The molecule has 0 atom stereocenters. The lowest BCUT2D eigenvalue weighted by Crippen LogP contribution is -2.71. The van der Waals surface area contributed by atoms with E-state index in [9.17, 15) is 87.8 Å². The molecule has 0 amide bonds. The molecule has 196 valence electrons. The van der Waals surface area contributed by atoms with Gasteiger partial charge in [0.1, 0.15) is 0 Å². The summed E-state index contributed by atoms with van der Waals surface area (Å²) < 4.78 is 266. The maximum atomic E-state index is 14.2. The molecule has 0 aliphatic heterocycles. The van der Waals surface area contributed by atoms with Crippen LogP contribution in [0.5, 0.6) is 0 Å². The normalized spacial score (nSPS) is 19.1. The van der Waals surface area contributed by atoms with E-state index >= 15 is 0 Å². The lowest BCUT2D eigenvalue weighted by atomic mass is 9.55. The Morgan fingerprint density at radius 3 is 0.941 bits per heavy atom. The standard InChI is InChI=1S/C14F20/c15-5-3(9(19,20)13(29,30)31)1-2(4(6(5)16)10(21,22)14(32,33)34)8(17,18)7(1,11(23,24)25)12(26,27)28. The molecule has 0 saturated carbocycles. The maximum Gasteiger partial charge on any atom is 0.458 e. The zero-order chi connectivity index (χ0) is 27.5. The maximum absolute atomic E-state index is 14.2. The third-order valence-corrected chi connectivity index (χ3v) is 4.73. The fourth-order valence-electron chi connectivity index (χ4n) is 3.33. The van der Waals surface area contributed by atoms with E-state index in [1.807, 2.05) is 0 Å². The number of alkyl halides is 18. The average molecular weight is 548 g/mol. The number of halogens is 20. The first-order valence-corrected chi connectivity index (χ1v) is 7.53. The second-order valence-electron chi connectivity index (χ2n) is 6.59. The number of hydrogen-bond acceptors (Lipinski definition) is 0. The molecule has 0 radical (unpaired) electrons. The Kier molecular flexibility index (Phi) is 5.55. The van der Waals surface area contributed by atoms with E-state index in [1.165, 1.54) is 0 Å². The lowest BCUT2D eigenvalue weighted by Gasteiger charge is -2.53. The lowest BCUT2D eigenvalue weighted by molar-refractivity contribution is -0.382. The second kappa shape index (κ2) is 6.73. The topological polar surface area (TPSA) is 0 Å². The van der Waals surface area contributed by atoms with Gasteiger partial charge in [-0.3, -0.25) is 0 Å². The van der Waals surface area contributed by atoms with Crippen LogP contribution in [0.25, 0.3) is 0 Å². The zero-order valence-electron chi connectivity index (χ0n) is 14.6. The van der Waals surface area contributed by atoms with Crippen LogP contribution in [0.3, 0.4) is 0 Å². The number of hydrogen-bond donors (Lipinski definition) is 0. The molecular weight excluding hydrogens is 548 g/mol. The SMILES string of the molecule is Fc1c(F)c(C(F)(F)C(F)(F)F)c2c(c1C(F)(F)C(F)(F)F)C(F)(F)C2(C(F)(F)F)C(F)(F)F. The highest BCUT2D eigenvalue weighted by Gasteiger charge is 2.92. The Labute approximate surface area is 171 Å². The van der Waals surface area contributed by atoms with Crippen LogP contribution in [-0.2, 0) is 23.2 Å². The number of benzene rings is 1. The molecular formula is C14F20. The van der Waals surface area contributed by atoms with Gasteiger partial charge in [0.15, 0.2) is 11.6 Å². The molecule has 1 aliphatic carbocycles. The van der Waals surface area contributed by atoms with E-state index in [1.54, 1.807) is 0 Å². The van der Waals surface area contributed by atoms with Crippen molar-refractivity contribution in [3.8, 4) is 0 Å². The minimum absolute atomic E-state index is 4.18. The Hall–Kier alpha value is -2.18. The van der Waals surface area contributed by atoms with Gasteiger partial charge in [-0.2, -0.15) is 79.0 Å². The quantitative estimate of drug-likeness (QED) is 0.332. The molecule has 1 aliphatic rings. The molecule has 0 spiro atoms. The Balaban J connectivity index is 3.40. The van der Waals surface area contributed by atoms with Gasteiger partial charge < -0.3 is 0 Å². The summed E-state index contributed by atoms with van der Waals surface area (Å²) in [4.78, 5) is 0. The Morgan fingerprint density at radius 2 is 0.706 bits per heavy atom. The van der Waals surface area contributed by atoms with Crippen LogP contribution in [-0.4, -0.2) is 24.7 Å². The molecule has 0 N–H and O–H groups in total. The number of fused-ring (bicyclic) bond motifs is 1. The molecule has 0 bridgehead atoms. The molecule has 0 heterocycles. The van der Waals surface area contributed by atoms with Gasteiger partial charge in [-0.25, -0.2) is 8.78 Å². The van der Waals surface area contributed by atoms with Crippen LogP contribution >= 0.6 is 0 Å². The van der Waals surface area contributed by atoms with Crippen molar-refractivity contribution in [2.75, 3.05) is 0 Å². The van der Waals surface area contributed by atoms with Gasteiger partial charge in [-0.15, -0.1) is 0 Å². The van der Waals surface area contributed by atoms with Crippen LogP contribution in [0.4, 0.5) is 87.8 Å². The summed E-state index contributed by atoms with van der Waals surface area (Å²) in [7, 11) is 0. The van der Waals surface area contributed by atoms with E-state index in [2.05, 4.69) is 0 Å². The molecule has 1 aromatic rings. The zero-order valence-corrected chi connectivity index (χ0v) is 14.6. The smallest absolute Gasteiger partial charge is 0.203 e. The minimum Gasteiger partial charge on any atom is -0.203 e. The van der Waals surface area contributed by atoms with Crippen molar-refractivity contribution >= 4 is 0 Å². The van der Waals surface area contributed by atoms with Crippen molar-refractivity contribution in [2.24, 2.45) is 0 Å². The van der Waals surface area contributed by atoms with Crippen LogP contribution < -0.4 is 0 Å². The first-order valence-electron chi connectivity index (χ1n) is 7.53. The third-order valence-electron chi connectivity index (χ3n) is 4.73. The van der Waals surface area contributed by atoms with Crippen molar-refractivity contribution in [1.29, 1.82) is 0 Å². The highest BCUT2D eigenvalue weighted by atomic mass is 19.4. The molecule has 0 nitrogen and oxygen atoms in total. The van der Waals surface area contributed by atoms with Crippen LogP contribution in [0, 0.1) is 11.6 Å². The largest absolute Gasteiger partial charge is 0.458 e. The van der Waals surface area contributed by atoms with Crippen molar-refractivity contribution in [3.05, 3.63) is 33.9 Å². The highest BCUT2D eigenvalue weighted by molar-refractivity contribution is 5.64. The first kappa shape index (κ1) is 28.1. The molecule has 0 saturated heterocycles. The molecule has 1 aromatic carbocycles. The predicted molar refractivity (Wildman–Crippen MR) is 63.9 cm³/mol.